The summed E-state index contributed by atoms with van der Waals surface area (Å²) in [6, 6.07) is 7.43. The number of anilines is 1. The van der Waals surface area contributed by atoms with Crippen molar-refractivity contribution in [3.8, 4) is 11.5 Å². The number of ether oxygens (including phenoxy) is 2. The van der Waals surface area contributed by atoms with Crippen molar-refractivity contribution in [1.82, 2.24) is 5.16 Å². The Morgan fingerprint density at radius 2 is 1.95 bits per heavy atom. The number of fused-ring (bicyclic) bond motifs is 1. The molecule has 1 aliphatic heterocycles. The Hall–Kier alpha value is -2.50. The monoisotopic (exact) mass is 300 g/mol. The highest BCUT2D eigenvalue weighted by atomic mass is 16.6. The maximum atomic E-state index is 12.6. The molecule has 6 nitrogen and oxygen atoms in total. The van der Waals surface area contributed by atoms with Crippen molar-refractivity contribution >= 4 is 11.7 Å². The summed E-state index contributed by atoms with van der Waals surface area (Å²) in [4.78, 5) is 12.6. The molecule has 0 radical (unpaired) electrons. The van der Waals surface area contributed by atoms with Gasteiger partial charge in [0.1, 0.15) is 19.0 Å². The molecule has 1 saturated carbocycles. The van der Waals surface area contributed by atoms with Crippen LogP contribution in [0.25, 0.3) is 0 Å². The molecule has 0 atom stereocenters. The van der Waals surface area contributed by atoms with E-state index < -0.39 is 5.41 Å². The first-order chi connectivity index (χ1) is 10.7. The summed E-state index contributed by atoms with van der Waals surface area (Å²) in [5.41, 5.74) is 0.456. The van der Waals surface area contributed by atoms with Gasteiger partial charge in [-0.3, -0.25) is 4.79 Å². The first-order valence-corrected chi connectivity index (χ1v) is 7.32. The number of hydrogen-bond acceptors (Lipinski definition) is 5. The Balaban J connectivity index is 1.59. The van der Waals surface area contributed by atoms with Gasteiger partial charge in [-0.2, -0.15) is 0 Å². The maximum Gasteiger partial charge on any atom is 0.236 e. The van der Waals surface area contributed by atoms with Gasteiger partial charge >= 0.3 is 0 Å². The molecule has 0 spiro atoms. The van der Waals surface area contributed by atoms with Gasteiger partial charge in [-0.15, -0.1) is 0 Å². The fourth-order valence-electron chi connectivity index (χ4n) is 2.77. The first-order valence-electron chi connectivity index (χ1n) is 7.32. The number of nitrogens with one attached hydrogen (secondary N) is 1. The normalized spacial score (nSPS) is 17.9. The number of hydrogen-bond donors (Lipinski definition) is 1. The second-order valence-electron chi connectivity index (χ2n) is 5.72. The number of nitrogens with zero attached hydrogens (tertiary/aromatic N) is 1. The third-order valence-corrected chi connectivity index (χ3v) is 4.15. The van der Waals surface area contributed by atoms with Gasteiger partial charge in [0.25, 0.3) is 0 Å². The van der Waals surface area contributed by atoms with Crippen molar-refractivity contribution in [2.75, 3.05) is 18.5 Å². The molecule has 1 N–H and O–H groups in total. The summed E-state index contributed by atoms with van der Waals surface area (Å²) in [6.45, 7) is 2.88. The summed E-state index contributed by atoms with van der Waals surface area (Å²) < 4.78 is 16.1. The second-order valence-corrected chi connectivity index (χ2v) is 5.72. The molecular weight excluding hydrogens is 284 g/mol. The van der Waals surface area contributed by atoms with Crippen molar-refractivity contribution in [2.45, 2.75) is 25.2 Å². The van der Waals surface area contributed by atoms with E-state index >= 15 is 0 Å². The van der Waals surface area contributed by atoms with E-state index in [4.69, 9.17) is 14.0 Å². The summed E-state index contributed by atoms with van der Waals surface area (Å²) in [7, 11) is 0. The number of amides is 1. The molecule has 1 fully saturated rings. The predicted molar refractivity (Wildman–Crippen MR) is 78.2 cm³/mol. The topological polar surface area (TPSA) is 73.6 Å². The molecule has 2 aromatic rings. The van der Waals surface area contributed by atoms with E-state index in [-0.39, 0.29) is 5.91 Å². The molecule has 4 rings (SSSR count). The Morgan fingerprint density at radius 1 is 1.18 bits per heavy atom. The van der Waals surface area contributed by atoms with Crippen LogP contribution < -0.4 is 14.8 Å². The van der Waals surface area contributed by atoms with Gasteiger partial charge in [-0.25, -0.2) is 0 Å². The van der Waals surface area contributed by atoms with E-state index in [2.05, 4.69) is 10.5 Å². The minimum absolute atomic E-state index is 0.0579. The highest BCUT2D eigenvalue weighted by molar-refractivity contribution is 6.00. The lowest BCUT2D eigenvalue weighted by atomic mass is 9.94. The zero-order chi connectivity index (χ0) is 15.2. The number of aryl methyl sites for hydroxylation is 1. The fraction of sp³-hybridized carbons (Fsp3) is 0.375. The minimum Gasteiger partial charge on any atom is -0.486 e. The molecule has 1 aliphatic carbocycles. The highest BCUT2D eigenvalue weighted by Crippen LogP contribution is 2.50. The lowest BCUT2D eigenvalue weighted by Crippen LogP contribution is -2.28. The van der Waals surface area contributed by atoms with Crippen LogP contribution >= 0.6 is 0 Å². The third-order valence-electron chi connectivity index (χ3n) is 4.15. The van der Waals surface area contributed by atoms with Gasteiger partial charge in [0.15, 0.2) is 17.3 Å². The van der Waals surface area contributed by atoms with Gasteiger partial charge in [0.2, 0.25) is 5.91 Å². The molecule has 1 amide bonds. The van der Waals surface area contributed by atoms with E-state index in [0.717, 1.165) is 24.2 Å². The van der Waals surface area contributed by atoms with Gasteiger partial charge in [-0.05, 0) is 37.5 Å². The van der Waals surface area contributed by atoms with Crippen molar-refractivity contribution in [3.05, 3.63) is 35.6 Å². The summed E-state index contributed by atoms with van der Waals surface area (Å²) in [5.74, 6) is 2.50. The second kappa shape index (κ2) is 4.76. The van der Waals surface area contributed by atoms with Crippen molar-refractivity contribution < 1.29 is 18.8 Å². The standard InChI is InChI=1S/C16H16N2O4/c1-10-8-14(18-22-10)17-15(19)16(4-5-16)11-2-3-12-13(9-11)21-7-6-20-12/h2-3,8-9H,4-7H2,1H3,(H,17,18,19). The molecule has 0 saturated heterocycles. The minimum atomic E-state index is -0.497. The predicted octanol–water partition coefficient (Wildman–Crippen LogP) is 2.42. The smallest absolute Gasteiger partial charge is 0.236 e. The average Bonchev–Trinajstić information content (AvgIpc) is 3.25. The number of carbonyl (C=O) groups excluding carboxylic acids is 1. The Kier molecular flexibility index (Phi) is 2.85. The van der Waals surface area contributed by atoms with Crippen LogP contribution in [0.1, 0.15) is 24.2 Å². The maximum absolute atomic E-state index is 12.6. The molecule has 22 heavy (non-hydrogen) atoms. The van der Waals surface area contributed by atoms with E-state index in [1.807, 2.05) is 18.2 Å². The van der Waals surface area contributed by atoms with Crippen LogP contribution in [0.15, 0.2) is 28.8 Å². The van der Waals surface area contributed by atoms with E-state index in [0.29, 0.717) is 30.5 Å². The van der Waals surface area contributed by atoms with E-state index in [9.17, 15) is 4.79 Å². The quantitative estimate of drug-likeness (QED) is 0.942. The Morgan fingerprint density at radius 3 is 2.64 bits per heavy atom. The van der Waals surface area contributed by atoms with Crippen LogP contribution in [-0.2, 0) is 10.2 Å². The van der Waals surface area contributed by atoms with Gasteiger partial charge in [0, 0.05) is 6.07 Å². The lowest BCUT2D eigenvalue weighted by Gasteiger charge is -2.21. The fourth-order valence-corrected chi connectivity index (χ4v) is 2.77. The molecule has 2 aliphatic rings. The summed E-state index contributed by atoms with van der Waals surface area (Å²) in [6.07, 6.45) is 1.63. The van der Waals surface area contributed by atoms with Gasteiger partial charge in [0.05, 0.1) is 5.41 Å². The molecule has 114 valence electrons. The zero-order valence-electron chi connectivity index (χ0n) is 12.2. The average molecular weight is 300 g/mol. The number of rotatable bonds is 3. The van der Waals surface area contributed by atoms with Crippen LogP contribution in [0.4, 0.5) is 5.82 Å². The SMILES string of the molecule is Cc1cc(NC(=O)C2(c3ccc4c(c3)OCCO4)CC2)no1. The molecule has 0 bridgehead atoms. The van der Waals surface area contributed by atoms with Crippen LogP contribution in [-0.4, -0.2) is 24.3 Å². The lowest BCUT2D eigenvalue weighted by molar-refractivity contribution is -0.118. The largest absolute Gasteiger partial charge is 0.486 e. The molecule has 0 unspecified atom stereocenters. The van der Waals surface area contributed by atoms with Crippen LogP contribution in [0.2, 0.25) is 0 Å². The number of aromatic nitrogens is 1. The first kappa shape index (κ1) is 13.2. The Bertz CT molecular complexity index is 733. The van der Waals surface area contributed by atoms with Crippen molar-refractivity contribution in [2.24, 2.45) is 0 Å². The zero-order valence-corrected chi connectivity index (χ0v) is 12.2. The molecule has 6 heteroatoms. The van der Waals surface area contributed by atoms with Crippen LogP contribution in [0.3, 0.4) is 0 Å². The summed E-state index contributed by atoms with van der Waals surface area (Å²) in [5, 5.41) is 6.64. The summed E-state index contributed by atoms with van der Waals surface area (Å²) >= 11 is 0. The molecule has 2 heterocycles. The van der Waals surface area contributed by atoms with Crippen molar-refractivity contribution in [1.29, 1.82) is 0 Å². The third kappa shape index (κ3) is 2.11. The number of benzene rings is 1. The van der Waals surface area contributed by atoms with E-state index in [1.54, 1.807) is 13.0 Å². The van der Waals surface area contributed by atoms with Gasteiger partial charge < -0.3 is 19.3 Å². The molecular formula is C16H16N2O4. The Labute approximate surface area is 127 Å². The molecule has 1 aromatic carbocycles. The van der Waals surface area contributed by atoms with Crippen molar-refractivity contribution in [3.63, 3.8) is 0 Å². The van der Waals surface area contributed by atoms with Gasteiger partial charge in [-0.1, -0.05) is 11.2 Å². The highest BCUT2D eigenvalue weighted by Gasteiger charge is 2.51. The van der Waals surface area contributed by atoms with Crippen LogP contribution in [0, 0.1) is 6.92 Å². The van der Waals surface area contributed by atoms with Crippen LogP contribution in [0.5, 0.6) is 11.5 Å². The molecule has 1 aromatic heterocycles. The number of carbonyl (C=O) groups is 1. The van der Waals surface area contributed by atoms with E-state index in [1.165, 1.54) is 0 Å².